The standard InChI is InChI=1S/C28H37N3/c1-6-7-10-24(26-13-12-25(16-21(2)3)22(4)17-26)11-8-9-23(5)31-15-14-27(20-31)28-18-29-30-19-28/h8-13,16-19,27H,6-7,14-15,20H2,1-5H3,(H,29,30)/b11-8-,23-9+,24-10-. The molecule has 0 bridgehead atoms. The third kappa shape index (κ3) is 6.33. The Morgan fingerprint density at radius 3 is 2.77 bits per heavy atom. The molecule has 1 aliphatic rings. The highest BCUT2D eigenvalue weighted by Gasteiger charge is 2.24. The Morgan fingerprint density at radius 2 is 2.10 bits per heavy atom. The number of likely N-dealkylation sites (tertiary alicyclic amines) is 1. The van der Waals surface area contributed by atoms with Gasteiger partial charge in [0.15, 0.2) is 0 Å². The predicted molar refractivity (Wildman–Crippen MR) is 134 cm³/mol. The van der Waals surface area contributed by atoms with Crippen molar-refractivity contribution in [3.63, 3.8) is 0 Å². The Hall–Kier alpha value is -2.81. The molecular weight excluding hydrogens is 378 g/mol. The first kappa shape index (κ1) is 22.9. The Balaban J connectivity index is 1.72. The highest BCUT2D eigenvalue weighted by molar-refractivity contribution is 5.76. The number of nitrogens with one attached hydrogen (secondary N) is 1. The van der Waals surface area contributed by atoms with Crippen LogP contribution in [-0.2, 0) is 0 Å². The number of aromatic nitrogens is 2. The van der Waals surface area contributed by atoms with Crippen LogP contribution >= 0.6 is 0 Å². The van der Waals surface area contributed by atoms with Crippen LogP contribution in [0, 0.1) is 6.92 Å². The van der Waals surface area contributed by atoms with E-state index in [4.69, 9.17) is 0 Å². The van der Waals surface area contributed by atoms with Gasteiger partial charge in [-0.25, -0.2) is 0 Å². The minimum atomic E-state index is 0.577. The summed E-state index contributed by atoms with van der Waals surface area (Å²) < 4.78 is 0. The molecular formula is C28H37N3. The van der Waals surface area contributed by atoms with Crippen LogP contribution in [0.2, 0.25) is 0 Å². The fourth-order valence-corrected chi connectivity index (χ4v) is 4.14. The molecule has 3 heteroatoms. The second-order valence-corrected chi connectivity index (χ2v) is 8.87. The Labute approximate surface area is 188 Å². The first-order chi connectivity index (χ1) is 15.0. The number of hydrogen-bond donors (Lipinski definition) is 1. The van der Waals surface area contributed by atoms with Crippen molar-refractivity contribution in [2.75, 3.05) is 13.1 Å². The van der Waals surface area contributed by atoms with Gasteiger partial charge < -0.3 is 4.90 Å². The van der Waals surface area contributed by atoms with E-state index in [9.17, 15) is 0 Å². The zero-order valence-electron chi connectivity index (χ0n) is 19.8. The maximum absolute atomic E-state index is 4.11. The van der Waals surface area contributed by atoms with Crippen LogP contribution in [-0.4, -0.2) is 28.2 Å². The van der Waals surface area contributed by atoms with Gasteiger partial charge in [-0.05, 0) is 74.4 Å². The minimum Gasteiger partial charge on any atom is -0.374 e. The molecule has 1 aromatic heterocycles. The Bertz CT molecular complexity index is 970. The molecule has 1 unspecified atom stereocenters. The third-order valence-electron chi connectivity index (χ3n) is 5.99. The van der Waals surface area contributed by atoms with Crippen molar-refractivity contribution >= 4 is 11.6 Å². The lowest BCUT2D eigenvalue weighted by Crippen LogP contribution is -2.17. The van der Waals surface area contributed by atoms with Crippen molar-refractivity contribution in [1.82, 2.24) is 15.1 Å². The summed E-state index contributed by atoms with van der Waals surface area (Å²) >= 11 is 0. The van der Waals surface area contributed by atoms with Crippen molar-refractivity contribution in [1.29, 1.82) is 0 Å². The summed E-state index contributed by atoms with van der Waals surface area (Å²) in [7, 11) is 0. The average Bonchev–Trinajstić information content (AvgIpc) is 3.43. The summed E-state index contributed by atoms with van der Waals surface area (Å²) in [6, 6.07) is 6.81. The van der Waals surface area contributed by atoms with E-state index in [-0.39, 0.29) is 0 Å². The summed E-state index contributed by atoms with van der Waals surface area (Å²) in [5.41, 5.74) is 9.20. The second-order valence-electron chi connectivity index (χ2n) is 8.87. The van der Waals surface area contributed by atoms with E-state index in [0.717, 1.165) is 25.9 Å². The fraction of sp³-hybridized carbons (Fsp3) is 0.393. The van der Waals surface area contributed by atoms with E-state index in [1.165, 1.54) is 45.5 Å². The van der Waals surface area contributed by atoms with Gasteiger partial charge in [0, 0.05) is 30.9 Å². The monoisotopic (exact) mass is 415 g/mol. The highest BCUT2D eigenvalue weighted by atomic mass is 15.2. The lowest BCUT2D eigenvalue weighted by atomic mass is 9.97. The van der Waals surface area contributed by atoms with Crippen molar-refractivity contribution in [2.24, 2.45) is 0 Å². The van der Waals surface area contributed by atoms with Crippen LogP contribution in [0.5, 0.6) is 0 Å². The van der Waals surface area contributed by atoms with Crippen LogP contribution in [0.25, 0.3) is 11.6 Å². The number of hydrogen-bond acceptors (Lipinski definition) is 2. The zero-order valence-corrected chi connectivity index (χ0v) is 19.8. The lowest BCUT2D eigenvalue weighted by molar-refractivity contribution is 0.421. The van der Waals surface area contributed by atoms with E-state index in [0.29, 0.717) is 5.92 Å². The predicted octanol–water partition coefficient (Wildman–Crippen LogP) is 7.27. The van der Waals surface area contributed by atoms with Gasteiger partial charge in [-0.1, -0.05) is 61.4 Å². The number of aryl methyl sites for hydroxylation is 1. The number of unbranched alkanes of at least 4 members (excludes halogenated alkanes) is 1. The normalized spacial score (nSPS) is 17.6. The number of nitrogens with zero attached hydrogens (tertiary/aromatic N) is 2. The number of benzene rings is 1. The van der Waals surface area contributed by atoms with Gasteiger partial charge >= 0.3 is 0 Å². The van der Waals surface area contributed by atoms with Gasteiger partial charge in [0.1, 0.15) is 0 Å². The molecule has 1 aromatic carbocycles. The quantitative estimate of drug-likeness (QED) is 0.460. The number of H-pyrrole nitrogens is 1. The first-order valence-corrected chi connectivity index (χ1v) is 11.5. The molecule has 1 aliphatic heterocycles. The van der Waals surface area contributed by atoms with E-state index in [2.05, 4.69) is 98.3 Å². The van der Waals surface area contributed by atoms with Gasteiger partial charge in [0.25, 0.3) is 0 Å². The summed E-state index contributed by atoms with van der Waals surface area (Å²) in [5.74, 6) is 0.577. The lowest BCUT2D eigenvalue weighted by Gasteiger charge is -2.18. The van der Waals surface area contributed by atoms with Crippen molar-refractivity contribution in [3.8, 4) is 0 Å². The minimum absolute atomic E-state index is 0.577. The molecule has 1 fully saturated rings. The van der Waals surface area contributed by atoms with E-state index in [1.807, 2.05) is 12.4 Å². The molecule has 0 radical (unpaired) electrons. The van der Waals surface area contributed by atoms with Gasteiger partial charge in [-0.2, -0.15) is 5.10 Å². The number of aromatic amines is 1. The molecule has 2 heterocycles. The maximum Gasteiger partial charge on any atom is 0.0522 e. The average molecular weight is 416 g/mol. The van der Waals surface area contributed by atoms with Crippen molar-refractivity contribution in [2.45, 2.75) is 59.8 Å². The molecule has 0 aliphatic carbocycles. The van der Waals surface area contributed by atoms with Crippen LogP contribution in [0.15, 0.2) is 66.2 Å². The molecule has 3 rings (SSSR count). The van der Waals surface area contributed by atoms with Gasteiger partial charge in [-0.3, -0.25) is 5.10 Å². The van der Waals surface area contributed by atoms with Crippen LogP contribution < -0.4 is 0 Å². The summed E-state index contributed by atoms with van der Waals surface area (Å²) in [6.07, 6.45) is 18.8. The Morgan fingerprint density at radius 1 is 1.26 bits per heavy atom. The number of allylic oxidation sites excluding steroid dienone is 7. The second kappa shape index (κ2) is 11.0. The molecule has 3 nitrogen and oxygen atoms in total. The SMILES string of the molecule is CCC/C=C(/C=C\C=C(/C)N1CCC(c2cn[nH]c2)C1)c1ccc(C=C(C)C)c(C)c1. The topological polar surface area (TPSA) is 31.9 Å². The van der Waals surface area contributed by atoms with Crippen molar-refractivity contribution < 1.29 is 0 Å². The van der Waals surface area contributed by atoms with Gasteiger partial charge in [0.2, 0.25) is 0 Å². The van der Waals surface area contributed by atoms with Gasteiger partial charge in [-0.15, -0.1) is 0 Å². The molecule has 1 N–H and O–H groups in total. The summed E-state index contributed by atoms with van der Waals surface area (Å²) in [4.78, 5) is 2.48. The van der Waals surface area contributed by atoms with Crippen LogP contribution in [0.1, 0.15) is 75.1 Å². The maximum atomic E-state index is 4.11. The molecule has 2 aromatic rings. The summed E-state index contributed by atoms with van der Waals surface area (Å²) in [6.45, 7) is 13.1. The van der Waals surface area contributed by atoms with Crippen molar-refractivity contribution in [3.05, 3.63) is 88.4 Å². The van der Waals surface area contributed by atoms with Crippen LogP contribution in [0.4, 0.5) is 0 Å². The number of rotatable bonds is 8. The van der Waals surface area contributed by atoms with E-state index < -0.39 is 0 Å². The molecule has 0 spiro atoms. The summed E-state index contributed by atoms with van der Waals surface area (Å²) in [5, 5.41) is 7.05. The third-order valence-corrected chi connectivity index (χ3v) is 5.99. The van der Waals surface area contributed by atoms with E-state index >= 15 is 0 Å². The van der Waals surface area contributed by atoms with E-state index in [1.54, 1.807) is 0 Å². The van der Waals surface area contributed by atoms with Crippen LogP contribution in [0.3, 0.4) is 0 Å². The molecule has 0 saturated carbocycles. The fourth-order valence-electron chi connectivity index (χ4n) is 4.14. The molecule has 1 atom stereocenters. The molecule has 1 saturated heterocycles. The van der Waals surface area contributed by atoms with Gasteiger partial charge in [0.05, 0.1) is 6.20 Å². The molecule has 31 heavy (non-hydrogen) atoms. The molecule has 0 amide bonds. The smallest absolute Gasteiger partial charge is 0.0522 e. The Kier molecular flexibility index (Phi) is 8.11. The highest BCUT2D eigenvalue weighted by Crippen LogP contribution is 2.29. The zero-order chi connectivity index (χ0) is 22.2. The molecule has 164 valence electrons. The first-order valence-electron chi connectivity index (χ1n) is 11.5. The largest absolute Gasteiger partial charge is 0.374 e.